The Morgan fingerprint density at radius 2 is 1.54 bits per heavy atom. The number of amides is 4. The van der Waals surface area contributed by atoms with Crippen LogP contribution in [0.5, 0.6) is 0 Å². The Morgan fingerprint density at radius 3 is 2.04 bits per heavy atom. The lowest BCUT2D eigenvalue weighted by Crippen LogP contribution is -2.62. The van der Waals surface area contributed by atoms with Crippen molar-refractivity contribution in [2.75, 3.05) is 26.7 Å². The largest absolute Gasteiger partial charge is 0.343 e. The predicted octanol–water partition coefficient (Wildman–Crippen LogP) is 1.72. The summed E-state index contributed by atoms with van der Waals surface area (Å²) in [6.07, 6.45) is 8.96. The van der Waals surface area contributed by atoms with Gasteiger partial charge < -0.3 is 10.2 Å². The maximum absolute atomic E-state index is 12.5. The smallest absolute Gasteiger partial charge is 0.321 e. The first kappa shape index (κ1) is 19.7. The summed E-state index contributed by atoms with van der Waals surface area (Å²) in [5, 5.41) is 5.75. The molecule has 7 nitrogen and oxygen atoms in total. The molecule has 4 saturated carbocycles. The second kappa shape index (κ2) is 7.65. The summed E-state index contributed by atoms with van der Waals surface area (Å²) in [5.74, 6) is 2.13. The van der Waals surface area contributed by atoms with E-state index in [0.717, 1.165) is 62.9 Å². The molecule has 0 unspecified atom stereocenters. The molecule has 4 aliphatic carbocycles. The number of carbonyl (C=O) groups is 3. The SMILES string of the molecule is CC(=O)N(C)C1CCN(CC(=O)NC(=O)NC23CC4CC(CC(C4)C2)C3)CC1. The Kier molecular flexibility index (Phi) is 5.38. The van der Waals surface area contributed by atoms with E-state index in [9.17, 15) is 14.4 Å². The van der Waals surface area contributed by atoms with Gasteiger partial charge in [0.2, 0.25) is 11.8 Å². The van der Waals surface area contributed by atoms with Crippen molar-refractivity contribution in [2.24, 2.45) is 17.8 Å². The first-order valence-electron chi connectivity index (χ1n) is 10.9. The van der Waals surface area contributed by atoms with Crippen molar-refractivity contribution in [2.45, 2.75) is 69.9 Å². The molecule has 1 saturated heterocycles. The van der Waals surface area contributed by atoms with Gasteiger partial charge in [-0.3, -0.25) is 19.8 Å². The van der Waals surface area contributed by atoms with Gasteiger partial charge in [-0.15, -0.1) is 0 Å². The first-order valence-corrected chi connectivity index (χ1v) is 10.9. The Morgan fingerprint density at radius 1 is 1.00 bits per heavy atom. The van der Waals surface area contributed by atoms with E-state index in [1.54, 1.807) is 11.8 Å². The molecule has 1 aliphatic heterocycles. The summed E-state index contributed by atoms with van der Waals surface area (Å²) in [7, 11) is 1.84. The van der Waals surface area contributed by atoms with E-state index in [1.807, 2.05) is 7.05 Å². The highest BCUT2D eigenvalue weighted by Crippen LogP contribution is 2.55. The number of urea groups is 1. The van der Waals surface area contributed by atoms with E-state index in [1.165, 1.54) is 19.3 Å². The molecule has 0 spiro atoms. The van der Waals surface area contributed by atoms with Crippen LogP contribution in [0.25, 0.3) is 0 Å². The van der Waals surface area contributed by atoms with Crippen LogP contribution in [0.4, 0.5) is 4.79 Å². The highest BCUT2D eigenvalue weighted by Gasteiger charge is 2.51. The highest BCUT2D eigenvalue weighted by atomic mass is 16.2. The molecule has 156 valence electrons. The molecule has 0 radical (unpaired) electrons. The van der Waals surface area contributed by atoms with E-state index in [0.29, 0.717) is 0 Å². The Balaban J connectivity index is 1.21. The molecular formula is C21H34N4O3. The van der Waals surface area contributed by atoms with Gasteiger partial charge in [-0.05, 0) is 69.1 Å². The summed E-state index contributed by atoms with van der Waals surface area (Å²) in [6.45, 7) is 3.37. The maximum Gasteiger partial charge on any atom is 0.321 e. The van der Waals surface area contributed by atoms with Crippen molar-refractivity contribution in [3.8, 4) is 0 Å². The molecule has 4 amide bonds. The average Bonchev–Trinajstić information content (AvgIpc) is 2.59. The summed E-state index contributed by atoms with van der Waals surface area (Å²) in [5.41, 5.74) is -0.0747. The zero-order chi connectivity index (χ0) is 19.9. The Hall–Kier alpha value is -1.63. The molecular weight excluding hydrogens is 356 g/mol. The lowest BCUT2D eigenvalue weighted by Gasteiger charge is -2.56. The minimum atomic E-state index is -0.321. The van der Waals surface area contributed by atoms with Crippen LogP contribution in [-0.4, -0.2) is 65.9 Å². The van der Waals surface area contributed by atoms with Gasteiger partial charge in [0.1, 0.15) is 0 Å². The summed E-state index contributed by atoms with van der Waals surface area (Å²) in [4.78, 5) is 40.2. The number of likely N-dealkylation sites (tertiary alicyclic amines) is 1. The quantitative estimate of drug-likeness (QED) is 0.766. The fraction of sp³-hybridized carbons (Fsp3) is 0.857. The monoisotopic (exact) mass is 390 g/mol. The number of rotatable bonds is 4. The number of carbonyl (C=O) groups excluding carboxylic acids is 3. The van der Waals surface area contributed by atoms with Gasteiger partial charge in [0.05, 0.1) is 6.54 Å². The van der Waals surface area contributed by atoms with Crippen molar-refractivity contribution in [3.05, 3.63) is 0 Å². The average molecular weight is 391 g/mol. The van der Waals surface area contributed by atoms with Gasteiger partial charge in [-0.25, -0.2) is 4.79 Å². The molecule has 5 fully saturated rings. The van der Waals surface area contributed by atoms with Crippen LogP contribution >= 0.6 is 0 Å². The zero-order valence-corrected chi connectivity index (χ0v) is 17.2. The van der Waals surface area contributed by atoms with Crippen LogP contribution in [0.3, 0.4) is 0 Å². The van der Waals surface area contributed by atoms with Gasteiger partial charge in [-0.2, -0.15) is 0 Å². The second-order valence-corrected chi connectivity index (χ2v) is 9.84. The van der Waals surface area contributed by atoms with Gasteiger partial charge in [0, 0.05) is 38.6 Å². The predicted molar refractivity (Wildman–Crippen MR) is 105 cm³/mol. The zero-order valence-electron chi connectivity index (χ0n) is 17.2. The Labute approximate surface area is 167 Å². The molecule has 4 bridgehead atoms. The lowest BCUT2D eigenvalue weighted by molar-refractivity contribution is -0.131. The fourth-order valence-electron chi connectivity index (χ4n) is 6.63. The maximum atomic E-state index is 12.5. The Bertz CT molecular complexity index is 606. The van der Waals surface area contributed by atoms with E-state index in [-0.39, 0.29) is 36.0 Å². The van der Waals surface area contributed by atoms with Crippen LogP contribution in [0.1, 0.15) is 58.3 Å². The van der Waals surface area contributed by atoms with Crippen LogP contribution in [0.15, 0.2) is 0 Å². The van der Waals surface area contributed by atoms with Crippen LogP contribution in [-0.2, 0) is 9.59 Å². The van der Waals surface area contributed by atoms with Crippen molar-refractivity contribution in [1.82, 2.24) is 20.4 Å². The van der Waals surface area contributed by atoms with E-state index in [4.69, 9.17) is 0 Å². The minimum Gasteiger partial charge on any atom is -0.343 e. The molecule has 5 rings (SSSR count). The molecule has 0 aromatic heterocycles. The number of nitrogens with one attached hydrogen (secondary N) is 2. The molecule has 0 atom stereocenters. The highest BCUT2D eigenvalue weighted by molar-refractivity contribution is 5.95. The molecule has 2 N–H and O–H groups in total. The lowest BCUT2D eigenvalue weighted by atomic mass is 9.53. The normalized spacial score (nSPS) is 34.9. The van der Waals surface area contributed by atoms with E-state index < -0.39 is 0 Å². The van der Waals surface area contributed by atoms with E-state index in [2.05, 4.69) is 15.5 Å². The third kappa shape index (κ3) is 4.19. The number of piperidine rings is 1. The number of hydrogen-bond acceptors (Lipinski definition) is 4. The topological polar surface area (TPSA) is 81.8 Å². The van der Waals surface area contributed by atoms with Crippen molar-refractivity contribution >= 4 is 17.8 Å². The second-order valence-electron chi connectivity index (χ2n) is 9.84. The van der Waals surface area contributed by atoms with Gasteiger partial charge in [-0.1, -0.05) is 0 Å². The van der Waals surface area contributed by atoms with Gasteiger partial charge in [0.15, 0.2) is 0 Å². The standard InChI is InChI=1S/C21H34N4O3/c1-14(26)24(2)18-3-5-25(6-4-18)13-19(27)22-20(28)23-21-10-15-7-16(11-21)9-17(8-15)12-21/h15-18H,3-13H2,1-2H3,(H2,22,23,27,28). The van der Waals surface area contributed by atoms with Crippen molar-refractivity contribution in [3.63, 3.8) is 0 Å². The first-order chi connectivity index (χ1) is 13.3. The summed E-state index contributed by atoms with van der Waals surface area (Å²) >= 11 is 0. The third-order valence-corrected chi connectivity index (χ3v) is 7.64. The molecule has 0 aromatic carbocycles. The number of nitrogens with zero attached hydrogens (tertiary/aromatic N) is 2. The van der Waals surface area contributed by atoms with E-state index >= 15 is 0 Å². The van der Waals surface area contributed by atoms with Crippen LogP contribution < -0.4 is 10.6 Å². The van der Waals surface area contributed by atoms with Crippen LogP contribution in [0, 0.1) is 17.8 Å². The summed E-state index contributed by atoms with van der Waals surface area (Å²) < 4.78 is 0. The van der Waals surface area contributed by atoms with Crippen molar-refractivity contribution < 1.29 is 14.4 Å². The summed E-state index contributed by atoms with van der Waals surface area (Å²) in [6, 6.07) is -0.0747. The molecule has 0 aromatic rings. The van der Waals surface area contributed by atoms with Gasteiger partial charge >= 0.3 is 6.03 Å². The molecule has 5 aliphatic rings. The third-order valence-electron chi connectivity index (χ3n) is 7.64. The minimum absolute atomic E-state index is 0.0747. The fourth-order valence-corrected chi connectivity index (χ4v) is 6.63. The van der Waals surface area contributed by atoms with Crippen molar-refractivity contribution in [1.29, 1.82) is 0 Å². The molecule has 7 heteroatoms. The molecule has 28 heavy (non-hydrogen) atoms. The van der Waals surface area contributed by atoms with Gasteiger partial charge in [0.25, 0.3) is 0 Å². The number of imide groups is 1. The molecule has 1 heterocycles. The number of hydrogen-bond donors (Lipinski definition) is 2. The van der Waals surface area contributed by atoms with Crippen LogP contribution in [0.2, 0.25) is 0 Å².